The molecule has 3 heteroatoms. The van der Waals surface area contributed by atoms with E-state index < -0.39 is 0 Å². The quantitative estimate of drug-likeness (QED) is 0.829. The van der Waals surface area contributed by atoms with Crippen LogP contribution in [0.15, 0.2) is 15.9 Å². The molecule has 0 bridgehead atoms. The number of hydrogen-bond donors (Lipinski definition) is 1. The first-order chi connectivity index (χ1) is 7.82. The second-order valence-electron chi connectivity index (χ2n) is 5.90. The molecule has 1 nitrogen and oxygen atoms in total. The van der Waals surface area contributed by atoms with Crippen LogP contribution in [-0.4, -0.2) is 13.1 Å². The van der Waals surface area contributed by atoms with Gasteiger partial charge in [0.05, 0.1) is 3.79 Å². The smallest absolute Gasteiger partial charge is 0.0701 e. The van der Waals surface area contributed by atoms with Crippen LogP contribution < -0.4 is 5.32 Å². The Hall–Kier alpha value is 0.140. The van der Waals surface area contributed by atoms with Gasteiger partial charge in [0.25, 0.3) is 0 Å². The van der Waals surface area contributed by atoms with Crippen LogP contribution in [0.3, 0.4) is 0 Å². The maximum Gasteiger partial charge on any atom is 0.0701 e. The number of rotatable bonds is 5. The summed E-state index contributed by atoms with van der Waals surface area (Å²) in [4.78, 5) is 1.46. The molecule has 0 aliphatic rings. The fraction of sp³-hybridized carbons (Fsp3) is 0.714. The molecule has 0 amide bonds. The third-order valence-corrected chi connectivity index (χ3v) is 5.25. The van der Waals surface area contributed by atoms with E-state index in [-0.39, 0.29) is 0 Å². The fourth-order valence-corrected chi connectivity index (χ4v) is 3.35. The van der Waals surface area contributed by atoms with Gasteiger partial charge in [-0.2, -0.15) is 0 Å². The van der Waals surface area contributed by atoms with Crippen LogP contribution in [0.5, 0.6) is 0 Å². The number of hydrogen-bond acceptors (Lipinski definition) is 2. The molecule has 17 heavy (non-hydrogen) atoms. The number of likely N-dealkylation sites (N-methyl/N-ethyl adjacent to an activating group) is 1. The van der Waals surface area contributed by atoms with Gasteiger partial charge < -0.3 is 5.32 Å². The maximum absolute atomic E-state index is 3.52. The lowest BCUT2D eigenvalue weighted by Crippen LogP contribution is -2.32. The first-order valence-corrected chi connectivity index (χ1v) is 7.85. The molecule has 1 aromatic heterocycles. The highest BCUT2D eigenvalue weighted by Crippen LogP contribution is 2.30. The zero-order valence-electron chi connectivity index (χ0n) is 11.5. The van der Waals surface area contributed by atoms with Crippen LogP contribution in [0, 0.1) is 11.3 Å². The molecule has 0 saturated carbocycles. The van der Waals surface area contributed by atoms with Crippen molar-refractivity contribution < 1.29 is 0 Å². The highest BCUT2D eigenvalue weighted by Gasteiger charge is 2.23. The van der Waals surface area contributed by atoms with Gasteiger partial charge in [-0.15, -0.1) is 11.3 Å². The molecular formula is C14H24BrNS. The predicted octanol–water partition coefficient (Wildman–Crippen LogP) is 4.71. The van der Waals surface area contributed by atoms with E-state index in [1.165, 1.54) is 15.1 Å². The first-order valence-electron chi connectivity index (χ1n) is 6.24. The van der Waals surface area contributed by atoms with Gasteiger partial charge in [0.15, 0.2) is 0 Å². The van der Waals surface area contributed by atoms with Crippen molar-refractivity contribution in [3.63, 3.8) is 0 Å². The summed E-state index contributed by atoms with van der Waals surface area (Å²) in [5, 5.41) is 3.45. The normalized spacial score (nSPS) is 15.9. The van der Waals surface area contributed by atoms with E-state index in [1.54, 1.807) is 0 Å². The summed E-state index contributed by atoms with van der Waals surface area (Å²) in [6.45, 7) is 9.33. The second-order valence-corrected chi connectivity index (χ2v) is 8.45. The first kappa shape index (κ1) is 15.2. The molecule has 98 valence electrons. The van der Waals surface area contributed by atoms with Gasteiger partial charge in [0, 0.05) is 10.9 Å². The van der Waals surface area contributed by atoms with Crippen molar-refractivity contribution in [1.29, 1.82) is 0 Å². The van der Waals surface area contributed by atoms with Crippen molar-refractivity contribution in [1.82, 2.24) is 5.32 Å². The van der Waals surface area contributed by atoms with E-state index in [0.29, 0.717) is 11.5 Å². The van der Waals surface area contributed by atoms with Crippen LogP contribution in [0.25, 0.3) is 0 Å². The number of halogens is 1. The Morgan fingerprint density at radius 2 is 2.00 bits per heavy atom. The van der Waals surface area contributed by atoms with Crippen molar-refractivity contribution in [2.75, 3.05) is 7.05 Å². The standard InChI is InChI=1S/C14H24BrNS/c1-10(14(2,3)4)8-11(16-5)9-12-6-7-13(15)17-12/h6-7,10-11,16H,8-9H2,1-5H3. The van der Waals surface area contributed by atoms with Gasteiger partial charge in [-0.05, 0) is 59.3 Å². The monoisotopic (exact) mass is 317 g/mol. The van der Waals surface area contributed by atoms with E-state index in [4.69, 9.17) is 0 Å². The van der Waals surface area contributed by atoms with Crippen LogP contribution in [-0.2, 0) is 6.42 Å². The molecule has 0 fully saturated rings. The topological polar surface area (TPSA) is 12.0 Å². The van der Waals surface area contributed by atoms with Gasteiger partial charge in [-0.1, -0.05) is 27.7 Å². The van der Waals surface area contributed by atoms with Crippen LogP contribution in [0.1, 0.15) is 39.0 Å². The van der Waals surface area contributed by atoms with Crippen molar-refractivity contribution >= 4 is 27.3 Å². The van der Waals surface area contributed by atoms with E-state index >= 15 is 0 Å². The Kier molecular flexibility index (Phi) is 5.68. The van der Waals surface area contributed by atoms with Crippen LogP contribution >= 0.6 is 27.3 Å². The van der Waals surface area contributed by atoms with E-state index in [2.05, 4.69) is 68.1 Å². The van der Waals surface area contributed by atoms with Gasteiger partial charge in [0.1, 0.15) is 0 Å². The zero-order chi connectivity index (χ0) is 13.1. The highest BCUT2D eigenvalue weighted by molar-refractivity contribution is 9.11. The molecule has 0 aliphatic carbocycles. The second kappa shape index (κ2) is 6.35. The molecule has 0 saturated heterocycles. The molecule has 1 aromatic rings. The lowest BCUT2D eigenvalue weighted by molar-refractivity contribution is 0.225. The molecule has 0 aliphatic heterocycles. The third-order valence-electron chi connectivity index (χ3n) is 3.60. The fourth-order valence-electron chi connectivity index (χ4n) is 1.79. The van der Waals surface area contributed by atoms with Crippen molar-refractivity contribution in [2.45, 2.75) is 46.6 Å². The minimum absolute atomic E-state index is 0.394. The summed E-state index contributed by atoms with van der Waals surface area (Å²) < 4.78 is 1.23. The largest absolute Gasteiger partial charge is 0.317 e. The molecule has 1 rings (SSSR count). The van der Waals surface area contributed by atoms with E-state index in [0.717, 1.165) is 12.3 Å². The maximum atomic E-state index is 3.52. The zero-order valence-corrected chi connectivity index (χ0v) is 13.9. The number of thiophene rings is 1. The molecule has 1 N–H and O–H groups in total. The third kappa shape index (κ3) is 5.11. The van der Waals surface area contributed by atoms with Gasteiger partial charge in [-0.3, -0.25) is 0 Å². The van der Waals surface area contributed by atoms with E-state index in [9.17, 15) is 0 Å². The minimum Gasteiger partial charge on any atom is -0.317 e. The summed E-state index contributed by atoms with van der Waals surface area (Å²) in [6.07, 6.45) is 2.36. The Bertz CT molecular complexity index is 340. The van der Waals surface area contributed by atoms with Crippen molar-refractivity contribution in [3.05, 3.63) is 20.8 Å². The average molecular weight is 318 g/mol. The lowest BCUT2D eigenvalue weighted by Gasteiger charge is -2.30. The lowest BCUT2D eigenvalue weighted by atomic mass is 9.78. The molecule has 0 radical (unpaired) electrons. The Morgan fingerprint density at radius 3 is 2.41 bits per heavy atom. The van der Waals surface area contributed by atoms with Gasteiger partial charge in [-0.25, -0.2) is 0 Å². The van der Waals surface area contributed by atoms with Crippen molar-refractivity contribution in [2.24, 2.45) is 11.3 Å². The van der Waals surface area contributed by atoms with E-state index in [1.807, 2.05) is 11.3 Å². The molecular weight excluding hydrogens is 294 g/mol. The highest BCUT2D eigenvalue weighted by atomic mass is 79.9. The SMILES string of the molecule is CNC(Cc1ccc(Br)s1)CC(C)C(C)(C)C. The Morgan fingerprint density at radius 1 is 1.35 bits per heavy atom. The Balaban J connectivity index is 2.55. The van der Waals surface area contributed by atoms with Crippen LogP contribution in [0.2, 0.25) is 0 Å². The Labute approximate surface area is 118 Å². The predicted molar refractivity (Wildman–Crippen MR) is 81.8 cm³/mol. The summed E-state index contributed by atoms with van der Waals surface area (Å²) in [5.41, 5.74) is 0.394. The molecule has 2 atom stereocenters. The summed E-state index contributed by atoms with van der Waals surface area (Å²) in [7, 11) is 2.07. The summed E-state index contributed by atoms with van der Waals surface area (Å²) >= 11 is 5.37. The molecule has 1 heterocycles. The summed E-state index contributed by atoms with van der Waals surface area (Å²) in [5.74, 6) is 0.725. The van der Waals surface area contributed by atoms with Crippen molar-refractivity contribution in [3.8, 4) is 0 Å². The molecule has 0 spiro atoms. The summed E-state index contributed by atoms with van der Waals surface area (Å²) in [6, 6.07) is 4.94. The average Bonchev–Trinajstić information content (AvgIpc) is 2.61. The minimum atomic E-state index is 0.394. The van der Waals surface area contributed by atoms with Gasteiger partial charge in [0.2, 0.25) is 0 Å². The number of nitrogens with one attached hydrogen (secondary N) is 1. The van der Waals surface area contributed by atoms with Gasteiger partial charge >= 0.3 is 0 Å². The molecule has 2 unspecified atom stereocenters. The molecule has 0 aromatic carbocycles. The van der Waals surface area contributed by atoms with Crippen LogP contribution in [0.4, 0.5) is 0 Å².